The van der Waals surface area contributed by atoms with E-state index in [0.29, 0.717) is 50.0 Å². The van der Waals surface area contributed by atoms with Gasteiger partial charge in [0, 0.05) is 37.6 Å². The standard InChI is InChI=1S/C28H33N3O5/c1-3-35-27-18-23(6-9-26(27)36-20-21-10-12-29-13-11-21)28(32)30-19-25(31-14-16-34-17-15-31)22-4-7-24(33-2)8-5-22/h4-13,18,25H,3,14-17,19-20H2,1-2H3,(H,30,32). The lowest BCUT2D eigenvalue weighted by molar-refractivity contribution is 0.0162. The number of carbonyl (C=O) groups excluding carboxylic acids is 1. The highest BCUT2D eigenvalue weighted by Gasteiger charge is 2.24. The van der Waals surface area contributed by atoms with Gasteiger partial charge in [-0.05, 0) is 60.5 Å². The second kappa shape index (κ2) is 12.9. The van der Waals surface area contributed by atoms with Gasteiger partial charge in [0.2, 0.25) is 0 Å². The molecule has 1 N–H and O–H groups in total. The molecule has 1 atom stereocenters. The Balaban J connectivity index is 1.45. The maximum atomic E-state index is 13.1. The Morgan fingerprint density at radius 2 is 1.78 bits per heavy atom. The maximum Gasteiger partial charge on any atom is 0.251 e. The Hall–Kier alpha value is -3.62. The van der Waals surface area contributed by atoms with Crippen molar-refractivity contribution in [2.75, 3.05) is 46.6 Å². The molecule has 0 saturated carbocycles. The Morgan fingerprint density at radius 1 is 1.03 bits per heavy atom. The molecular weight excluding hydrogens is 458 g/mol. The van der Waals surface area contributed by atoms with Crippen LogP contribution in [0, 0.1) is 0 Å². The highest BCUT2D eigenvalue weighted by Crippen LogP contribution is 2.30. The average molecular weight is 492 g/mol. The van der Waals surface area contributed by atoms with Crippen molar-refractivity contribution >= 4 is 5.91 Å². The molecule has 1 saturated heterocycles. The summed E-state index contributed by atoms with van der Waals surface area (Å²) in [6.45, 7) is 6.20. The molecule has 1 aromatic heterocycles. The van der Waals surface area contributed by atoms with Crippen molar-refractivity contribution in [2.24, 2.45) is 0 Å². The summed E-state index contributed by atoms with van der Waals surface area (Å²) in [6, 6.07) is 17.1. The number of morpholine rings is 1. The van der Waals surface area contributed by atoms with E-state index in [1.807, 2.05) is 43.3 Å². The zero-order valence-corrected chi connectivity index (χ0v) is 20.8. The molecule has 0 spiro atoms. The van der Waals surface area contributed by atoms with Gasteiger partial charge in [0.1, 0.15) is 12.4 Å². The largest absolute Gasteiger partial charge is 0.497 e. The third-order valence-electron chi connectivity index (χ3n) is 6.09. The summed E-state index contributed by atoms with van der Waals surface area (Å²) in [5.41, 5.74) is 2.64. The highest BCUT2D eigenvalue weighted by molar-refractivity contribution is 5.94. The third-order valence-corrected chi connectivity index (χ3v) is 6.09. The molecule has 1 aliphatic heterocycles. The van der Waals surface area contributed by atoms with E-state index in [-0.39, 0.29) is 11.9 Å². The highest BCUT2D eigenvalue weighted by atomic mass is 16.5. The fourth-order valence-electron chi connectivity index (χ4n) is 4.14. The van der Waals surface area contributed by atoms with E-state index in [0.717, 1.165) is 30.0 Å². The number of nitrogens with one attached hydrogen (secondary N) is 1. The monoisotopic (exact) mass is 491 g/mol. The molecule has 190 valence electrons. The van der Waals surface area contributed by atoms with Gasteiger partial charge in [-0.1, -0.05) is 12.1 Å². The molecule has 1 amide bonds. The lowest BCUT2D eigenvalue weighted by atomic mass is 10.0. The van der Waals surface area contributed by atoms with Crippen LogP contribution in [0.1, 0.15) is 34.5 Å². The maximum absolute atomic E-state index is 13.1. The molecule has 1 unspecified atom stereocenters. The van der Waals surface area contributed by atoms with Crippen molar-refractivity contribution in [3.8, 4) is 17.2 Å². The zero-order chi connectivity index (χ0) is 25.2. The first-order valence-corrected chi connectivity index (χ1v) is 12.2. The van der Waals surface area contributed by atoms with Gasteiger partial charge in [0.05, 0.1) is 33.0 Å². The van der Waals surface area contributed by atoms with Crippen molar-refractivity contribution in [3.63, 3.8) is 0 Å². The van der Waals surface area contributed by atoms with Crippen LogP contribution >= 0.6 is 0 Å². The number of hydrogen-bond acceptors (Lipinski definition) is 7. The van der Waals surface area contributed by atoms with E-state index in [1.165, 1.54) is 0 Å². The summed E-state index contributed by atoms with van der Waals surface area (Å²) in [5, 5.41) is 3.11. The summed E-state index contributed by atoms with van der Waals surface area (Å²) in [4.78, 5) is 19.5. The number of benzene rings is 2. The van der Waals surface area contributed by atoms with Gasteiger partial charge in [-0.15, -0.1) is 0 Å². The van der Waals surface area contributed by atoms with Crippen molar-refractivity contribution < 1.29 is 23.7 Å². The molecule has 2 aromatic carbocycles. The Bertz CT molecular complexity index is 1100. The molecule has 0 aliphatic carbocycles. The number of rotatable bonds is 11. The minimum atomic E-state index is -0.164. The van der Waals surface area contributed by atoms with Crippen molar-refractivity contribution in [3.05, 3.63) is 83.7 Å². The number of carbonyl (C=O) groups is 1. The topological polar surface area (TPSA) is 82.2 Å². The second-order valence-electron chi connectivity index (χ2n) is 8.39. The zero-order valence-electron chi connectivity index (χ0n) is 20.8. The van der Waals surface area contributed by atoms with Crippen LogP contribution in [0.25, 0.3) is 0 Å². The van der Waals surface area contributed by atoms with Crippen LogP contribution < -0.4 is 19.5 Å². The summed E-state index contributed by atoms with van der Waals surface area (Å²) in [5.74, 6) is 1.77. The fourth-order valence-corrected chi connectivity index (χ4v) is 4.14. The molecule has 1 aliphatic rings. The molecule has 4 rings (SSSR count). The SMILES string of the molecule is CCOc1cc(C(=O)NCC(c2ccc(OC)cc2)N2CCOCC2)ccc1OCc1ccncc1. The lowest BCUT2D eigenvalue weighted by Crippen LogP contribution is -2.43. The molecule has 0 radical (unpaired) electrons. The Kier molecular flexibility index (Phi) is 9.13. The molecule has 2 heterocycles. The number of aromatic nitrogens is 1. The van der Waals surface area contributed by atoms with E-state index in [2.05, 4.69) is 15.2 Å². The molecule has 1 fully saturated rings. The molecule has 8 nitrogen and oxygen atoms in total. The second-order valence-corrected chi connectivity index (χ2v) is 8.39. The number of amides is 1. The minimum Gasteiger partial charge on any atom is -0.497 e. The van der Waals surface area contributed by atoms with Gasteiger partial charge in [-0.25, -0.2) is 0 Å². The predicted molar refractivity (Wildman–Crippen MR) is 137 cm³/mol. The third kappa shape index (κ3) is 6.74. The minimum absolute atomic E-state index is 0.0260. The Morgan fingerprint density at radius 3 is 2.47 bits per heavy atom. The van der Waals surface area contributed by atoms with Gasteiger partial charge in [-0.2, -0.15) is 0 Å². The first-order chi connectivity index (χ1) is 17.7. The number of ether oxygens (including phenoxy) is 4. The van der Waals surface area contributed by atoms with E-state index in [1.54, 1.807) is 37.7 Å². The normalized spacial score (nSPS) is 14.6. The summed E-state index contributed by atoms with van der Waals surface area (Å²) >= 11 is 0. The first-order valence-electron chi connectivity index (χ1n) is 12.2. The number of methoxy groups -OCH3 is 1. The molecule has 3 aromatic rings. The van der Waals surface area contributed by atoms with Crippen LogP contribution in [0.2, 0.25) is 0 Å². The number of nitrogens with zero attached hydrogens (tertiary/aromatic N) is 2. The first kappa shape index (κ1) is 25.5. The predicted octanol–water partition coefficient (Wildman–Crippen LogP) is 3.87. The van der Waals surface area contributed by atoms with Crippen LogP contribution in [0.4, 0.5) is 0 Å². The van der Waals surface area contributed by atoms with E-state index in [4.69, 9.17) is 18.9 Å². The van der Waals surface area contributed by atoms with Crippen molar-refractivity contribution in [2.45, 2.75) is 19.6 Å². The lowest BCUT2D eigenvalue weighted by Gasteiger charge is -2.35. The van der Waals surface area contributed by atoms with Gasteiger partial charge >= 0.3 is 0 Å². The van der Waals surface area contributed by atoms with E-state index >= 15 is 0 Å². The number of pyridine rings is 1. The van der Waals surface area contributed by atoms with Crippen LogP contribution in [-0.2, 0) is 11.3 Å². The molecule has 0 bridgehead atoms. The Labute approximate surface area is 212 Å². The van der Waals surface area contributed by atoms with Gasteiger partial charge < -0.3 is 24.3 Å². The van der Waals surface area contributed by atoms with Crippen LogP contribution in [0.3, 0.4) is 0 Å². The van der Waals surface area contributed by atoms with Gasteiger partial charge in [-0.3, -0.25) is 14.7 Å². The van der Waals surface area contributed by atoms with Crippen LogP contribution in [-0.4, -0.2) is 62.4 Å². The van der Waals surface area contributed by atoms with Crippen LogP contribution in [0.5, 0.6) is 17.2 Å². The summed E-state index contributed by atoms with van der Waals surface area (Å²) < 4.78 is 22.6. The van der Waals surface area contributed by atoms with E-state index in [9.17, 15) is 4.79 Å². The van der Waals surface area contributed by atoms with Crippen LogP contribution in [0.15, 0.2) is 67.0 Å². The summed E-state index contributed by atoms with van der Waals surface area (Å²) in [7, 11) is 1.65. The smallest absolute Gasteiger partial charge is 0.251 e. The average Bonchev–Trinajstić information content (AvgIpc) is 2.94. The van der Waals surface area contributed by atoms with Crippen molar-refractivity contribution in [1.82, 2.24) is 15.2 Å². The molecule has 36 heavy (non-hydrogen) atoms. The fraction of sp³-hybridized carbons (Fsp3) is 0.357. The van der Waals surface area contributed by atoms with Gasteiger partial charge in [0.25, 0.3) is 5.91 Å². The van der Waals surface area contributed by atoms with Crippen molar-refractivity contribution in [1.29, 1.82) is 0 Å². The summed E-state index contributed by atoms with van der Waals surface area (Å²) in [6.07, 6.45) is 3.46. The van der Waals surface area contributed by atoms with E-state index < -0.39 is 0 Å². The van der Waals surface area contributed by atoms with Gasteiger partial charge in [0.15, 0.2) is 11.5 Å². The quantitative estimate of drug-likeness (QED) is 0.436. The number of hydrogen-bond donors (Lipinski definition) is 1. The molecule has 8 heteroatoms. The molecular formula is C28H33N3O5.